The average molecular weight is 511 g/mol. The number of fused-ring (bicyclic) bond motifs is 1. The van der Waals surface area contributed by atoms with Gasteiger partial charge < -0.3 is 22.5 Å². The first kappa shape index (κ1) is 26.7. The first-order valence-electron chi connectivity index (χ1n) is 11.7. The highest BCUT2D eigenvalue weighted by atomic mass is 35.5. The fourth-order valence-electron chi connectivity index (χ4n) is 3.85. The van der Waals surface area contributed by atoms with Gasteiger partial charge in [0.15, 0.2) is 28.4 Å². The lowest BCUT2D eigenvalue weighted by Gasteiger charge is -2.13. The monoisotopic (exact) mass is 510 g/mol. The van der Waals surface area contributed by atoms with Crippen molar-refractivity contribution >= 4 is 51.8 Å². The van der Waals surface area contributed by atoms with Crippen molar-refractivity contribution in [3.05, 3.63) is 58.4 Å². The van der Waals surface area contributed by atoms with Gasteiger partial charge >= 0.3 is 0 Å². The van der Waals surface area contributed by atoms with E-state index in [0.29, 0.717) is 6.54 Å². The molecular weight excluding hydrogens is 480 g/mol. The highest BCUT2D eigenvalue weighted by Crippen LogP contribution is 2.26. The van der Waals surface area contributed by atoms with Gasteiger partial charge in [0.05, 0.1) is 0 Å². The van der Waals surface area contributed by atoms with Gasteiger partial charge in [-0.2, -0.15) is 0 Å². The van der Waals surface area contributed by atoms with Gasteiger partial charge in [0.25, 0.3) is 5.91 Å². The van der Waals surface area contributed by atoms with Crippen LogP contribution in [-0.4, -0.2) is 34.3 Å². The molecule has 1 atom stereocenters. The van der Waals surface area contributed by atoms with Crippen LogP contribution >= 0.6 is 11.6 Å². The second-order valence-corrected chi connectivity index (χ2v) is 8.98. The number of amides is 2. The topological polar surface area (TPSA) is 186 Å². The van der Waals surface area contributed by atoms with Crippen LogP contribution in [0, 0.1) is 11.3 Å². The maximum absolute atomic E-state index is 12.3. The number of aryl methyl sites for hydroxylation is 2. The number of aromatic nitrogens is 2. The number of rotatable bonds is 10. The largest absolute Gasteiger partial charge is 0.382 e. The summed E-state index contributed by atoms with van der Waals surface area (Å²) in [5, 5.41) is 15.4. The summed E-state index contributed by atoms with van der Waals surface area (Å²) in [6, 6.07) is 12.6. The minimum Gasteiger partial charge on any atom is -0.382 e. The molecule has 0 bridgehead atoms. The van der Waals surface area contributed by atoms with Crippen molar-refractivity contribution in [3.8, 4) is 0 Å². The number of carbonyl (C=O) groups excluding carboxylic acids is 2. The van der Waals surface area contributed by atoms with Gasteiger partial charge in [-0.15, -0.1) is 0 Å². The van der Waals surface area contributed by atoms with Crippen LogP contribution in [0.3, 0.4) is 0 Å². The number of nitrogens with one attached hydrogen (secondary N) is 3. The molecule has 0 aliphatic rings. The van der Waals surface area contributed by atoms with Crippen LogP contribution in [0.15, 0.2) is 36.4 Å². The number of nitrogens with two attached hydrogens (primary N) is 3. The van der Waals surface area contributed by atoms with Crippen molar-refractivity contribution in [1.82, 2.24) is 20.6 Å². The Bertz CT molecular complexity index is 1280. The zero-order valence-corrected chi connectivity index (χ0v) is 20.9. The van der Waals surface area contributed by atoms with E-state index in [1.807, 2.05) is 19.1 Å². The van der Waals surface area contributed by atoms with Gasteiger partial charge in [0.1, 0.15) is 0 Å². The maximum Gasteiger partial charge on any atom is 0.280 e. The summed E-state index contributed by atoms with van der Waals surface area (Å²) in [6.07, 6.45) is 4.07. The van der Waals surface area contributed by atoms with Crippen molar-refractivity contribution in [1.29, 1.82) is 5.41 Å². The Morgan fingerprint density at radius 1 is 1.00 bits per heavy atom. The molecule has 36 heavy (non-hydrogen) atoms. The van der Waals surface area contributed by atoms with E-state index in [9.17, 15) is 9.59 Å². The minimum atomic E-state index is -0.698. The predicted molar refractivity (Wildman–Crippen MR) is 143 cm³/mol. The van der Waals surface area contributed by atoms with Crippen LogP contribution in [0.5, 0.6) is 0 Å². The van der Waals surface area contributed by atoms with Gasteiger partial charge in [-0.3, -0.25) is 20.3 Å². The van der Waals surface area contributed by atoms with Crippen molar-refractivity contribution in [2.24, 2.45) is 11.7 Å². The fraction of sp³-hybridized carbons (Fsp3) is 0.320. The van der Waals surface area contributed by atoms with Gasteiger partial charge in [0.2, 0.25) is 5.91 Å². The van der Waals surface area contributed by atoms with E-state index >= 15 is 0 Å². The highest BCUT2D eigenvalue weighted by Gasteiger charge is 2.17. The molecule has 0 aliphatic carbocycles. The molecule has 2 amide bonds. The predicted octanol–water partition coefficient (Wildman–Crippen LogP) is 2.78. The van der Waals surface area contributed by atoms with E-state index in [1.165, 1.54) is 21.9 Å². The van der Waals surface area contributed by atoms with Crippen molar-refractivity contribution in [2.45, 2.75) is 39.0 Å². The molecule has 190 valence electrons. The molecule has 3 rings (SSSR count). The van der Waals surface area contributed by atoms with E-state index in [1.54, 1.807) is 0 Å². The summed E-state index contributed by atoms with van der Waals surface area (Å²) in [4.78, 5) is 31.2. The Hall–Kier alpha value is -3.92. The molecule has 0 fully saturated rings. The second kappa shape index (κ2) is 12.2. The number of hydrogen-bond donors (Lipinski definition) is 6. The SMILES string of the molecule is C[C@@H](CCc1ccc(CCCCNC(=N)NC(=O)c2nc(Cl)c(N)nc2N)c2ccccc12)C(N)=O. The number of primary amides is 1. The van der Waals surface area contributed by atoms with Gasteiger partial charge in [0, 0.05) is 12.5 Å². The summed E-state index contributed by atoms with van der Waals surface area (Å²) in [6.45, 7) is 2.36. The van der Waals surface area contributed by atoms with Crippen LogP contribution < -0.4 is 27.8 Å². The molecule has 0 aliphatic heterocycles. The molecule has 3 aromatic rings. The smallest absolute Gasteiger partial charge is 0.280 e. The first-order chi connectivity index (χ1) is 17.2. The van der Waals surface area contributed by atoms with Crippen molar-refractivity contribution in [2.75, 3.05) is 18.0 Å². The zero-order valence-electron chi connectivity index (χ0n) is 20.1. The van der Waals surface area contributed by atoms with Gasteiger partial charge in [-0.25, -0.2) is 9.97 Å². The third kappa shape index (κ3) is 6.82. The number of nitrogen functional groups attached to an aromatic ring is 2. The number of halogens is 1. The van der Waals surface area contributed by atoms with E-state index in [-0.39, 0.29) is 40.3 Å². The number of guanidine groups is 1. The highest BCUT2D eigenvalue weighted by molar-refractivity contribution is 6.31. The summed E-state index contributed by atoms with van der Waals surface area (Å²) >= 11 is 5.80. The molecule has 0 saturated carbocycles. The summed E-state index contributed by atoms with van der Waals surface area (Å²) < 4.78 is 0. The molecule has 2 aromatic carbocycles. The minimum absolute atomic E-state index is 0.0704. The lowest BCUT2D eigenvalue weighted by molar-refractivity contribution is -0.121. The molecule has 1 heterocycles. The third-order valence-corrected chi connectivity index (χ3v) is 6.25. The Morgan fingerprint density at radius 3 is 2.28 bits per heavy atom. The van der Waals surface area contributed by atoms with Crippen LogP contribution in [-0.2, 0) is 17.6 Å². The summed E-state index contributed by atoms with van der Waals surface area (Å²) in [7, 11) is 0. The number of anilines is 2. The Balaban J connectivity index is 1.49. The standard InChI is InChI=1S/C25H31ClN8O2/c1-14(23(29)35)9-10-16-12-11-15(17-7-2-3-8-18(16)17)6-4-5-13-31-25(30)34-24(36)19-21(27)33-22(28)20(26)32-19/h2-3,7-8,11-12,14H,4-6,9-10,13H2,1H3,(H2,29,35)(H4,27,28,33)(H3,30,31,34,36)/t14-/m0/s1. The molecular formula is C25H31ClN8O2. The summed E-state index contributed by atoms with van der Waals surface area (Å²) in [5.41, 5.74) is 18.8. The number of nitrogens with zero attached hydrogens (tertiary/aromatic N) is 2. The van der Waals surface area contributed by atoms with E-state index in [0.717, 1.165) is 32.1 Å². The molecule has 0 spiro atoms. The van der Waals surface area contributed by atoms with Crippen LogP contribution in [0.25, 0.3) is 10.8 Å². The Labute approximate surface area is 214 Å². The van der Waals surface area contributed by atoms with E-state index in [4.69, 9.17) is 34.2 Å². The fourth-order valence-corrected chi connectivity index (χ4v) is 3.98. The Morgan fingerprint density at radius 2 is 1.64 bits per heavy atom. The second-order valence-electron chi connectivity index (χ2n) is 8.62. The molecule has 10 nitrogen and oxygen atoms in total. The van der Waals surface area contributed by atoms with E-state index in [2.05, 4.69) is 44.9 Å². The first-order valence-corrected chi connectivity index (χ1v) is 12.1. The molecule has 0 unspecified atom stereocenters. The van der Waals surface area contributed by atoms with E-state index < -0.39 is 5.91 Å². The zero-order chi connectivity index (χ0) is 26.2. The lowest BCUT2D eigenvalue weighted by Crippen LogP contribution is -2.41. The molecule has 1 aromatic heterocycles. The van der Waals surface area contributed by atoms with Crippen molar-refractivity contribution < 1.29 is 9.59 Å². The lowest BCUT2D eigenvalue weighted by atomic mass is 9.92. The Kier molecular flexibility index (Phi) is 9.02. The van der Waals surface area contributed by atoms with Crippen molar-refractivity contribution in [3.63, 3.8) is 0 Å². The maximum atomic E-state index is 12.3. The molecule has 9 N–H and O–H groups in total. The summed E-state index contributed by atoms with van der Waals surface area (Å²) in [5.74, 6) is -1.54. The van der Waals surface area contributed by atoms with Crippen LogP contribution in [0.2, 0.25) is 5.15 Å². The number of unbranched alkanes of at least 4 members (excludes halogenated alkanes) is 1. The third-order valence-electron chi connectivity index (χ3n) is 5.97. The number of benzene rings is 2. The average Bonchev–Trinajstić information content (AvgIpc) is 2.84. The molecule has 0 saturated heterocycles. The van der Waals surface area contributed by atoms with Crippen LogP contribution in [0.1, 0.15) is 47.8 Å². The van der Waals surface area contributed by atoms with Gasteiger partial charge in [-0.1, -0.05) is 54.9 Å². The van der Waals surface area contributed by atoms with Crippen LogP contribution in [0.4, 0.5) is 11.6 Å². The number of carbonyl (C=O) groups is 2. The number of hydrogen-bond acceptors (Lipinski definition) is 7. The molecule has 0 radical (unpaired) electrons. The molecule has 11 heteroatoms. The quantitative estimate of drug-likeness (QED) is 0.137. The van der Waals surface area contributed by atoms with Gasteiger partial charge in [-0.05, 0) is 54.0 Å². The normalized spacial score (nSPS) is 11.7.